The highest BCUT2D eigenvalue weighted by molar-refractivity contribution is 7.89. The van der Waals surface area contributed by atoms with E-state index in [1.807, 2.05) is 24.3 Å². The third-order valence-electron chi connectivity index (χ3n) is 4.12. The maximum Gasteiger partial charge on any atom is 0.221 e. The van der Waals surface area contributed by atoms with Crippen LogP contribution in [0, 0.1) is 0 Å². The Kier molecular flexibility index (Phi) is 6.15. The van der Waals surface area contributed by atoms with Gasteiger partial charge < -0.3 is 10.6 Å². The van der Waals surface area contributed by atoms with Crippen LogP contribution in [0.3, 0.4) is 0 Å². The molecule has 1 amide bonds. The Hall–Kier alpha value is -1.44. The molecule has 1 aliphatic rings. The number of piperidine rings is 1. The van der Waals surface area contributed by atoms with Gasteiger partial charge in [-0.15, -0.1) is 0 Å². The monoisotopic (exact) mass is 339 g/mol. The van der Waals surface area contributed by atoms with Crippen LogP contribution in [-0.4, -0.2) is 43.5 Å². The molecule has 2 N–H and O–H groups in total. The second-order valence-corrected chi connectivity index (χ2v) is 8.05. The summed E-state index contributed by atoms with van der Waals surface area (Å²) in [5.74, 6) is 0.0744. The van der Waals surface area contributed by atoms with Crippen LogP contribution in [0.4, 0.5) is 5.69 Å². The second-order valence-electron chi connectivity index (χ2n) is 5.79. The predicted molar refractivity (Wildman–Crippen MR) is 91.6 cm³/mol. The van der Waals surface area contributed by atoms with Crippen molar-refractivity contribution in [1.82, 2.24) is 9.62 Å². The number of sulfonamides is 1. The highest BCUT2D eigenvalue weighted by Gasteiger charge is 2.26. The largest absolute Gasteiger partial charge is 0.326 e. The van der Waals surface area contributed by atoms with Crippen molar-refractivity contribution in [2.45, 2.75) is 39.3 Å². The molecule has 1 aromatic rings. The minimum Gasteiger partial charge on any atom is -0.326 e. The molecule has 1 aromatic carbocycles. The van der Waals surface area contributed by atoms with E-state index in [9.17, 15) is 13.2 Å². The molecule has 0 radical (unpaired) electrons. The van der Waals surface area contributed by atoms with Gasteiger partial charge in [-0.3, -0.25) is 4.79 Å². The molecule has 23 heavy (non-hydrogen) atoms. The van der Waals surface area contributed by atoms with E-state index in [1.54, 1.807) is 11.2 Å². The number of anilines is 1. The lowest BCUT2D eigenvalue weighted by atomic mass is 10.1. The molecule has 7 heteroatoms. The maximum absolute atomic E-state index is 11.9. The third-order valence-corrected chi connectivity index (χ3v) is 6.00. The topological polar surface area (TPSA) is 78.5 Å². The maximum atomic E-state index is 11.9. The number of amides is 1. The van der Waals surface area contributed by atoms with Crippen LogP contribution < -0.4 is 10.6 Å². The number of nitrogens with zero attached hydrogens (tertiary/aromatic N) is 1. The molecule has 1 fully saturated rings. The standard InChI is InChI=1S/C16H25N3O3S/c1-3-23(21,22)19-10-8-15(9-11-19)17-12-14-6-4-5-7-16(14)18-13(2)20/h4-7,15,17H,3,8-12H2,1-2H3,(H,18,20). The molecule has 1 saturated heterocycles. The molecular weight excluding hydrogens is 314 g/mol. The van der Waals surface area contributed by atoms with E-state index in [4.69, 9.17) is 0 Å². The lowest BCUT2D eigenvalue weighted by Gasteiger charge is -2.31. The molecule has 128 valence electrons. The van der Waals surface area contributed by atoms with Crippen LogP contribution in [0.25, 0.3) is 0 Å². The van der Waals surface area contributed by atoms with Crippen LogP contribution >= 0.6 is 0 Å². The van der Waals surface area contributed by atoms with Crippen molar-refractivity contribution in [2.75, 3.05) is 24.2 Å². The smallest absolute Gasteiger partial charge is 0.221 e. The fraction of sp³-hybridized carbons (Fsp3) is 0.562. The summed E-state index contributed by atoms with van der Waals surface area (Å²) < 4.78 is 25.3. The predicted octanol–water partition coefficient (Wildman–Crippen LogP) is 1.55. The summed E-state index contributed by atoms with van der Waals surface area (Å²) in [7, 11) is -3.07. The van der Waals surface area contributed by atoms with Crippen molar-refractivity contribution in [3.63, 3.8) is 0 Å². The van der Waals surface area contributed by atoms with Crippen molar-refractivity contribution < 1.29 is 13.2 Å². The van der Waals surface area contributed by atoms with Gasteiger partial charge in [0.1, 0.15) is 0 Å². The summed E-state index contributed by atoms with van der Waals surface area (Å²) in [4.78, 5) is 11.2. The van der Waals surface area contributed by atoms with Gasteiger partial charge in [-0.1, -0.05) is 18.2 Å². The number of hydrogen-bond acceptors (Lipinski definition) is 4. The van der Waals surface area contributed by atoms with Crippen LogP contribution in [-0.2, 0) is 21.4 Å². The summed E-state index contributed by atoms with van der Waals surface area (Å²) in [6.07, 6.45) is 1.61. The normalized spacial score (nSPS) is 17.1. The fourth-order valence-corrected chi connectivity index (χ4v) is 3.89. The molecule has 2 rings (SSSR count). The summed E-state index contributed by atoms with van der Waals surface area (Å²) in [6.45, 7) is 4.97. The number of rotatable bonds is 6. The molecule has 0 spiro atoms. The summed E-state index contributed by atoms with van der Waals surface area (Å²) in [5, 5.41) is 6.30. The zero-order valence-corrected chi connectivity index (χ0v) is 14.5. The molecule has 0 unspecified atom stereocenters. The molecule has 0 atom stereocenters. The Bertz CT molecular complexity index is 638. The second kappa shape index (κ2) is 7.90. The minimum absolute atomic E-state index is 0.0875. The van der Waals surface area contributed by atoms with Crippen molar-refractivity contribution in [3.05, 3.63) is 29.8 Å². The van der Waals surface area contributed by atoms with E-state index in [-0.39, 0.29) is 11.7 Å². The van der Waals surface area contributed by atoms with Gasteiger partial charge in [-0.25, -0.2) is 12.7 Å². The van der Waals surface area contributed by atoms with E-state index in [0.29, 0.717) is 25.7 Å². The zero-order valence-electron chi connectivity index (χ0n) is 13.7. The average molecular weight is 339 g/mol. The SMILES string of the molecule is CCS(=O)(=O)N1CCC(NCc2ccccc2NC(C)=O)CC1. The molecule has 0 saturated carbocycles. The highest BCUT2D eigenvalue weighted by Crippen LogP contribution is 2.18. The first-order valence-electron chi connectivity index (χ1n) is 7.99. The number of para-hydroxylation sites is 1. The first kappa shape index (κ1) is 17.9. The average Bonchev–Trinajstić information content (AvgIpc) is 2.54. The lowest BCUT2D eigenvalue weighted by molar-refractivity contribution is -0.114. The fourth-order valence-electron chi connectivity index (χ4n) is 2.76. The Labute approximate surface area is 138 Å². The van der Waals surface area contributed by atoms with E-state index >= 15 is 0 Å². The summed E-state index contributed by atoms with van der Waals surface area (Å²) in [5.41, 5.74) is 1.85. The van der Waals surface area contributed by atoms with Gasteiger partial charge in [-0.2, -0.15) is 0 Å². The van der Waals surface area contributed by atoms with Gasteiger partial charge in [-0.05, 0) is 31.4 Å². The number of benzene rings is 1. The van der Waals surface area contributed by atoms with Crippen LogP contribution in [0.2, 0.25) is 0 Å². The minimum atomic E-state index is -3.07. The van der Waals surface area contributed by atoms with Gasteiger partial charge >= 0.3 is 0 Å². The molecule has 1 heterocycles. The van der Waals surface area contributed by atoms with Gasteiger partial charge in [0.2, 0.25) is 15.9 Å². The first-order valence-corrected chi connectivity index (χ1v) is 9.60. The van der Waals surface area contributed by atoms with Crippen molar-refractivity contribution >= 4 is 21.6 Å². The molecule has 6 nitrogen and oxygen atoms in total. The molecule has 0 aliphatic carbocycles. The quantitative estimate of drug-likeness (QED) is 0.824. The number of hydrogen-bond donors (Lipinski definition) is 2. The van der Waals surface area contributed by atoms with Gasteiger partial charge in [0.15, 0.2) is 0 Å². The first-order chi connectivity index (χ1) is 10.9. The molecule has 1 aliphatic heterocycles. The Morgan fingerprint density at radius 2 is 1.91 bits per heavy atom. The van der Waals surface area contributed by atoms with Gasteiger partial charge in [0.05, 0.1) is 5.75 Å². The van der Waals surface area contributed by atoms with Gasteiger partial charge in [0, 0.05) is 38.3 Å². The summed E-state index contributed by atoms with van der Waals surface area (Å²) in [6, 6.07) is 7.99. The number of carbonyl (C=O) groups is 1. The van der Waals surface area contributed by atoms with E-state index in [0.717, 1.165) is 24.1 Å². The number of nitrogens with one attached hydrogen (secondary N) is 2. The Morgan fingerprint density at radius 1 is 1.26 bits per heavy atom. The number of carbonyl (C=O) groups excluding carboxylic acids is 1. The molecule has 0 bridgehead atoms. The third kappa shape index (κ3) is 5.02. The molecular formula is C16H25N3O3S. The Balaban J connectivity index is 1.88. The highest BCUT2D eigenvalue weighted by atomic mass is 32.2. The van der Waals surface area contributed by atoms with Gasteiger partial charge in [0.25, 0.3) is 0 Å². The zero-order chi connectivity index (χ0) is 16.9. The summed E-state index contributed by atoms with van der Waals surface area (Å²) >= 11 is 0. The molecule has 0 aromatic heterocycles. The Morgan fingerprint density at radius 3 is 2.52 bits per heavy atom. The van der Waals surface area contributed by atoms with E-state index in [2.05, 4.69) is 10.6 Å². The van der Waals surface area contributed by atoms with E-state index < -0.39 is 10.0 Å². The van der Waals surface area contributed by atoms with Crippen LogP contribution in [0.1, 0.15) is 32.3 Å². The van der Waals surface area contributed by atoms with E-state index in [1.165, 1.54) is 6.92 Å². The van der Waals surface area contributed by atoms with Crippen molar-refractivity contribution in [2.24, 2.45) is 0 Å². The van der Waals surface area contributed by atoms with Crippen LogP contribution in [0.5, 0.6) is 0 Å². The van der Waals surface area contributed by atoms with Crippen molar-refractivity contribution in [3.8, 4) is 0 Å². The van der Waals surface area contributed by atoms with Crippen LogP contribution in [0.15, 0.2) is 24.3 Å². The van der Waals surface area contributed by atoms with Crippen molar-refractivity contribution in [1.29, 1.82) is 0 Å². The lowest BCUT2D eigenvalue weighted by Crippen LogP contribution is -2.45.